The molecule has 21 heavy (non-hydrogen) atoms. The molecule has 0 aromatic heterocycles. The van der Waals surface area contributed by atoms with Crippen LogP contribution < -0.4 is 5.32 Å². The van der Waals surface area contributed by atoms with Crippen LogP contribution in [-0.4, -0.2) is 15.9 Å². The van der Waals surface area contributed by atoms with Gasteiger partial charge in [-0.15, -0.1) is 0 Å². The van der Waals surface area contributed by atoms with Crippen molar-refractivity contribution in [1.82, 2.24) is 0 Å². The Morgan fingerprint density at radius 1 is 1.29 bits per heavy atom. The molecular formula is C13H8BrFN2O4. The largest absolute Gasteiger partial charge is 0.508 e. The third-order valence-electron chi connectivity index (χ3n) is 2.60. The van der Waals surface area contributed by atoms with Crippen LogP contribution in [0, 0.1) is 15.9 Å². The number of nitrogens with one attached hydrogen (secondary N) is 1. The highest BCUT2D eigenvalue weighted by Crippen LogP contribution is 2.27. The molecule has 0 spiro atoms. The molecule has 2 aromatic rings. The van der Waals surface area contributed by atoms with Crippen molar-refractivity contribution in [2.75, 3.05) is 5.32 Å². The molecule has 0 saturated heterocycles. The van der Waals surface area contributed by atoms with E-state index in [0.29, 0.717) is 4.47 Å². The van der Waals surface area contributed by atoms with E-state index < -0.39 is 22.3 Å². The van der Waals surface area contributed by atoms with Crippen molar-refractivity contribution in [2.45, 2.75) is 0 Å². The van der Waals surface area contributed by atoms with Crippen LogP contribution in [-0.2, 0) is 0 Å². The Morgan fingerprint density at radius 2 is 2.00 bits per heavy atom. The Kier molecular flexibility index (Phi) is 4.18. The summed E-state index contributed by atoms with van der Waals surface area (Å²) in [5, 5.41) is 22.7. The molecule has 1 amide bonds. The molecule has 2 aromatic carbocycles. The minimum absolute atomic E-state index is 0.249. The van der Waals surface area contributed by atoms with Gasteiger partial charge in [0, 0.05) is 10.5 Å². The molecule has 0 aliphatic carbocycles. The van der Waals surface area contributed by atoms with E-state index >= 15 is 0 Å². The standard InChI is InChI=1S/C13H8BrFN2O4/c14-10-5-7(15)1-3-11(10)16-13(19)9-6-8(18)2-4-12(9)17(20)21/h1-6,18H,(H,16,19). The van der Waals surface area contributed by atoms with Gasteiger partial charge in [-0.25, -0.2) is 4.39 Å². The van der Waals surface area contributed by atoms with Gasteiger partial charge in [-0.05, 0) is 46.3 Å². The number of amides is 1. The number of halogens is 2. The number of carbonyl (C=O) groups is 1. The van der Waals surface area contributed by atoms with Gasteiger partial charge in [0.25, 0.3) is 11.6 Å². The first kappa shape index (κ1) is 14.9. The smallest absolute Gasteiger partial charge is 0.282 e. The second-order valence-corrected chi connectivity index (χ2v) is 4.89. The fraction of sp³-hybridized carbons (Fsp3) is 0. The number of hydrogen-bond donors (Lipinski definition) is 2. The van der Waals surface area contributed by atoms with Gasteiger partial charge in [0.1, 0.15) is 17.1 Å². The molecule has 2 rings (SSSR count). The van der Waals surface area contributed by atoms with Crippen molar-refractivity contribution in [3.8, 4) is 5.75 Å². The van der Waals surface area contributed by atoms with Crippen LogP contribution in [0.2, 0.25) is 0 Å². The van der Waals surface area contributed by atoms with Gasteiger partial charge < -0.3 is 10.4 Å². The summed E-state index contributed by atoms with van der Waals surface area (Å²) < 4.78 is 13.3. The summed E-state index contributed by atoms with van der Waals surface area (Å²) in [5.74, 6) is -1.56. The van der Waals surface area contributed by atoms with Crippen LogP contribution in [0.5, 0.6) is 5.75 Å². The lowest BCUT2D eigenvalue weighted by atomic mass is 10.1. The summed E-state index contributed by atoms with van der Waals surface area (Å²) in [6.07, 6.45) is 0. The lowest BCUT2D eigenvalue weighted by molar-refractivity contribution is -0.385. The highest BCUT2D eigenvalue weighted by Gasteiger charge is 2.21. The molecule has 0 heterocycles. The molecule has 2 N–H and O–H groups in total. The second kappa shape index (κ2) is 5.88. The first-order chi connectivity index (χ1) is 9.88. The minimum atomic E-state index is -0.787. The number of nitrogens with zero attached hydrogens (tertiary/aromatic N) is 1. The number of benzene rings is 2. The van der Waals surface area contributed by atoms with Crippen molar-refractivity contribution >= 4 is 33.2 Å². The van der Waals surface area contributed by atoms with Crippen molar-refractivity contribution < 1.29 is 19.2 Å². The average Bonchev–Trinajstić information content (AvgIpc) is 2.41. The lowest BCUT2D eigenvalue weighted by Crippen LogP contribution is -2.14. The fourth-order valence-electron chi connectivity index (χ4n) is 1.65. The molecule has 108 valence electrons. The predicted octanol–water partition coefficient (Wildman–Crippen LogP) is 3.45. The van der Waals surface area contributed by atoms with Gasteiger partial charge in [0.15, 0.2) is 0 Å². The van der Waals surface area contributed by atoms with Crippen LogP contribution in [0.3, 0.4) is 0 Å². The number of rotatable bonds is 3. The number of nitro groups is 1. The number of phenols is 1. The fourth-order valence-corrected chi connectivity index (χ4v) is 2.10. The first-order valence-corrected chi connectivity index (χ1v) is 6.41. The quantitative estimate of drug-likeness (QED) is 0.652. The van der Waals surface area contributed by atoms with Crippen LogP contribution >= 0.6 is 15.9 Å². The number of aromatic hydroxyl groups is 1. The van der Waals surface area contributed by atoms with Crippen molar-refractivity contribution in [3.05, 3.63) is 62.4 Å². The highest BCUT2D eigenvalue weighted by atomic mass is 79.9. The molecule has 0 aliphatic heterocycles. The maximum absolute atomic E-state index is 13.0. The van der Waals surface area contributed by atoms with Gasteiger partial charge >= 0.3 is 0 Å². The summed E-state index contributed by atoms with van der Waals surface area (Å²) in [6, 6.07) is 6.73. The van der Waals surface area contributed by atoms with Crippen molar-refractivity contribution in [2.24, 2.45) is 0 Å². The molecule has 0 fully saturated rings. The van der Waals surface area contributed by atoms with E-state index in [1.807, 2.05) is 0 Å². The average molecular weight is 355 g/mol. The molecule has 0 radical (unpaired) electrons. The summed E-state index contributed by atoms with van der Waals surface area (Å²) >= 11 is 3.07. The van der Waals surface area contributed by atoms with Gasteiger partial charge in [-0.3, -0.25) is 14.9 Å². The monoisotopic (exact) mass is 354 g/mol. The number of carbonyl (C=O) groups excluding carboxylic acids is 1. The highest BCUT2D eigenvalue weighted by molar-refractivity contribution is 9.10. The molecule has 0 bridgehead atoms. The van der Waals surface area contributed by atoms with Gasteiger partial charge in [-0.2, -0.15) is 0 Å². The number of anilines is 1. The van der Waals surface area contributed by atoms with E-state index in [9.17, 15) is 24.4 Å². The molecule has 0 aliphatic rings. The SMILES string of the molecule is O=C(Nc1ccc(F)cc1Br)c1cc(O)ccc1[N+](=O)[O-]. The van der Waals surface area contributed by atoms with E-state index in [-0.39, 0.29) is 17.0 Å². The van der Waals surface area contributed by atoms with E-state index in [2.05, 4.69) is 21.2 Å². The summed E-state index contributed by atoms with van der Waals surface area (Å²) in [6.45, 7) is 0. The Bertz CT molecular complexity index is 736. The number of phenolic OH excluding ortho intramolecular Hbond substituents is 1. The maximum Gasteiger partial charge on any atom is 0.282 e. The summed E-state index contributed by atoms with van der Waals surface area (Å²) in [7, 11) is 0. The molecule has 8 heteroatoms. The van der Waals surface area contributed by atoms with Gasteiger partial charge in [0.05, 0.1) is 10.6 Å². The molecule has 6 nitrogen and oxygen atoms in total. The zero-order chi connectivity index (χ0) is 15.6. The Labute approximate surface area is 126 Å². The van der Waals surface area contributed by atoms with Crippen molar-refractivity contribution in [3.63, 3.8) is 0 Å². The van der Waals surface area contributed by atoms with E-state index in [0.717, 1.165) is 30.3 Å². The van der Waals surface area contributed by atoms with Crippen LogP contribution in [0.15, 0.2) is 40.9 Å². The van der Waals surface area contributed by atoms with Crippen LogP contribution in [0.4, 0.5) is 15.8 Å². The second-order valence-electron chi connectivity index (χ2n) is 4.04. The zero-order valence-electron chi connectivity index (χ0n) is 10.3. The molecule has 0 unspecified atom stereocenters. The van der Waals surface area contributed by atoms with Gasteiger partial charge in [0.2, 0.25) is 0 Å². The third kappa shape index (κ3) is 3.34. The Hall–Kier alpha value is -2.48. The molecule has 0 atom stereocenters. The molecular weight excluding hydrogens is 347 g/mol. The zero-order valence-corrected chi connectivity index (χ0v) is 11.9. The minimum Gasteiger partial charge on any atom is -0.508 e. The summed E-state index contributed by atoms with van der Waals surface area (Å²) in [5.41, 5.74) is -0.487. The first-order valence-electron chi connectivity index (χ1n) is 5.62. The lowest BCUT2D eigenvalue weighted by Gasteiger charge is -2.08. The van der Waals surface area contributed by atoms with Crippen LogP contribution in [0.25, 0.3) is 0 Å². The summed E-state index contributed by atoms with van der Waals surface area (Å²) in [4.78, 5) is 22.2. The van der Waals surface area contributed by atoms with Crippen LogP contribution in [0.1, 0.15) is 10.4 Å². The van der Waals surface area contributed by atoms with E-state index in [1.165, 1.54) is 6.07 Å². The van der Waals surface area contributed by atoms with Crippen molar-refractivity contribution in [1.29, 1.82) is 0 Å². The number of nitro benzene ring substituents is 1. The maximum atomic E-state index is 13.0. The van der Waals surface area contributed by atoms with E-state index in [4.69, 9.17) is 0 Å². The number of hydrogen-bond acceptors (Lipinski definition) is 4. The topological polar surface area (TPSA) is 92.5 Å². The Balaban J connectivity index is 2.36. The normalized spacial score (nSPS) is 10.2. The predicted molar refractivity (Wildman–Crippen MR) is 76.8 cm³/mol. The Morgan fingerprint density at radius 3 is 2.62 bits per heavy atom. The van der Waals surface area contributed by atoms with E-state index in [1.54, 1.807) is 0 Å². The third-order valence-corrected chi connectivity index (χ3v) is 3.26. The van der Waals surface area contributed by atoms with Gasteiger partial charge in [-0.1, -0.05) is 0 Å². The molecule has 0 saturated carbocycles.